The van der Waals surface area contributed by atoms with Crippen LogP contribution in [0.2, 0.25) is 0 Å². The van der Waals surface area contributed by atoms with Crippen LogP contribution >= 0.6 is 0 Å². The molecule has 0 saturated carbocycles. The van der Waals surface area contributed by atoms with Crippen LogP contribution in [0.25, 0.3) is 0 Å². The van der Waals surface area contributed by atoms with E-state index in [0.717, 1.165) is 49.0 Å². The van der Waals surface area contributed by atoms with Gasteiger partial charge in [0, 0.05) is 39.1 Å². The third kappa shape index (κ3) is 7.29. The lowest BCUT2D eigenvalue weighted by molar-refractivity contribution is -0.121. The van der Waals surface area contributed by atoms with Gasteiger partial charge in [-0.15, -0.1) is 0 Å². The molecule has 9 heteroatoms. The molecule has 174 valence electrons. The van der Waals surface area contributed by atoms with Gasteiger partial charge in [-0.25, -0.2) is 12.8 Å². The molecule has 1 aliphatic rings. The van der Waals surface area contributed by atoms with E-state index in [4.69, 9.17) is 4.74 Å². The first kappa shape index (κ1) is 24.2. The molecule has 0 aromatic heterocycles. The fraction of sp³-hybridized carbons (Fsp3) is 0.435. The van der Waals surface area contributed by atoms with Crippen LogP contribution in [-0.4, -0.2) is 58.3 Å². The monoisotopic (exact) mass is 463 g/mol. The number of nitrogens with zero attached hydrogens (tertiary/aromatic N) is 2. The largest absolute Gasteiger partial charge is 0.379 e. The molecular formula is C23H30FN3O4S. The van der Waals surface area contributed by atoms with Crippen LogP contribution in [-0.2, 0) is 32.6 Å². The number of carbonyl (C=O) groups is 1. The Morgan fingerprint density at radius 3 is 2.56 bits per heavy atom. The first-order valence-corrected chi connectivity index (χ1v) is 12.5. The molecule has 1 aliphatic heterocycles. The van der Waals surface area contributed by atoms with Crippen molar-refractivity contribution in [1.29, 1.82) is 0 Å². The van der Waals surface area contributed by atoms with Crippen molar-refractivity contribution >= 4 is 21.6 Å². The Bertz CT molecular complexity index is 1010. The van der Waals surface area contributed by atoms with Crippen molar-refractivity contribution in [2.75, 3.05) is 43.4 Å². The van der Waals surface area contributed by atoms with E-state index >= 15 is 0 Å². The van der Waals surface area contributed by atoms with Crippen molar-refractivity contribution < 1.29 is 22.3 Å². The number of sulfonamides is 1. The van der Waals surface area contributed by atoms with Gasteiger partial charge in [0.15, 0.2) is 0 Å². The maximum absolute atomic E-state index is 14.1. The average molecular weight is 464 g/mol. The highest BCUT2D eigenvalue weighted by atomic mass is 32.2. The predicted octanol–water partition coefficient (Wildman–Crippen LogP) is 2.52. The first-order valence-electron chi connectivity index (χ1n) is 10.7. The van der Waals surface area contributed by atoms with Gasteiger partial charge in [0.2, 0.25) is 15.9 Å². The summed E-state index contributed by atoms with van der Waals surface area (Å²) < 4.78 is 44.6. The number of nitrogens with one attached hydrogen (secondary N) is 1. The lowest BCUT2D eigenvalue weighted by atomic mass is 10.1. The zero-order valence-corrected chi connectivity index (χ0v) is 19.1. The van der Waals surface area contributed by atoms with Gasteiger partial charge in [-0.05, 0) is 29.7 Å². The standard InChI is InChI=1S/C23H30FN3O4S/c1-32(29,30)27(22-9-3-2-8-21(22)24)11-5-10-23(28)25-17-19-6-4-7-20(16-19)18-26-12-14-31-15-13-26/h2-4,6-9,16H,5,10-15,17-18H2,1H3,(H,25,28). The van der Waals surface area contributed by atoms with Crippen LogP contribution in [0, 0.1) is 5.82 Å². The number of hydrogen-bond acceptors (Lipinski definition) is 5. The molecule has 2 aromatic rings. The number of morpholine rings is 1. The molecule has 32 heavy (non-hydrogen) atoms. The third-order valence-corrected chi connectivity index (χ3v) is 6.46. The summed E-state index contributed by atoms with van der Waals surface area (Å²) in [5, 5.41) is 2.88. The van der Waals surface area contributed by atoms with E-state index in [1.54, 1.807) is 6.07 Å². The summed E-state index contributed by atoms with van der Waals surface area (Å²) in [6.45, 7) is 4.62. The quantitative estimate of drug-likeness (QED) is 0.586. The average Bonchev–Trinajstić information content (AvgIpc) is 2.76. The van der Waals surface area contributed by atoms with Gasteiger partial charge in [-0.1, -0.05) is 36.4 Å². The Morgan fingerprint density at radius 2 is 1.84 bits per heavy atom. The number of rotatable bonds is 10. The van der Waals surface area contributed by atoms with Crippen LogP contribution < -0.4 is 9.62 Å². The van der Waals surface area contributed by atoms with Crippen molar-refractivity contribution in [3.63, 3.8) is 0 Å². The minimum atomic E-state index is -3.66. The van der Waals surface area contributed by atoms with Crippen molar-refractivity contribution in [1.82, 2.24) is 10.2 Å². The molecule has 0 bridgehead atoms. The molecule has 0 unspecified atom stereocenters. The molecule has 1 saturated heterocycles. The van der Waals surface area contributed by atoms with Crippen LogP contribution in [0.4, 0.5) is 10.1 Å². The summed E-state index contributed by atoms with van der Waals surface area (Å²) >= 11 is 0. The number of halogens is 1. The molecule has 1 amide bonds. The Labute approximate surface area is 189 Å². The molecule has 1 heterocycles. The lowest BCUT2D eigenvalue weighted by Crippen LogP contribution is -2.35. The van der Waals surface area contributed by atoms with Gasteiger partial charge in [0.25, 0.3) is 0 Å². The van der Waals surface area contributed by atoms with E-state index in [1.165, 1.54) is 23.8 Å². The number of ether oxygens (including phenoxy) is 1. The Hall–Kier alpha value is -2.49. The third-order valence-electron chi connectivity index (χ3n) is 5.28. The van der Waals surface area contributed by atoms with Crippen molar-refractivity contribution in [2.45, 2.75) is 25.9 Å². The number of para-hydroxylation sites is 1. The number of anilines is 1. The number of carbonyl (C=O) groups excluding carboxylic acids is 1. The van der Waals surface area contributed by atoms with E-state index in [-0.39, 0.29) is 31.0 Å². The maximum atomic E-state index is 14.1. The lowest BCUT2D eigenvalue weighted by Gasteiger charge is -2.26. The SMILES string of the molecule is CS(=O)(=O)N(CCCC(=O)NCc1cccc(CN2CCOCC2)c1)c1ccccc1F. The van der Waals surface area contributed by atoms with Gasteiger partial charge < -0.3 is 10.1 Å². The normalized spacial score (nSPS) is 14.8. The van der Waals surface area contributed by atoms with Crippen molar-refractivity contribution in [2.24, 2.45) is 0 Å². The summed E-state index contributed by atoms with van der Waals surface area (Å²) in [5.41, 5.74) is 2.19. The van der Waals surface area contributed by atoms with Gasteiger partial charge >= 0.3 is 0 Å². The number of hydrogen-bond donors (Lipinski definition) is 1. The molecule has 1 N–H and O–H groups in total. The molecule has 0 atom stereocenters. The smallest absolute Gasteiger partial charge is 0.232 e. The zero-order valence-electron chi connectivity index (χ0n) is 18.3. The second kappa shape index (κ2) is 11.4. The molecular weight excluding hydrogens is 433 g/mol. The van der Waals surface area contributed by atoms with Gasteiger partial charge in [0.1, 0.15) is 5.82 Å². The highest BCUT2D eigenvalue weighted by Crippen LogP contribution is 2.21. The predicted molar refractivity (Wildman–Crippen MR) is 122 cm³/mol. The molecule has 7 nitrogen and oxygen atoms in total. The second-order valence-electron chi connectivity index (χ2n) is 7.88. The molecule has 0 aliphatic carbocycles. The van der Waals surface area contributed by atoms with Gasteiger partial charge in [0.05, 0.1) is 25.2 Å². The topological polar surface area (TPSA) is 79.0 Å². The summed E-state index contributed by atoms with van der Waals surface area (Å²) in [6.07, 6.45) is 1.46. The van der Waals surface area contributed by atoms with E-state index < -0.39 is 15.8 Å². The van der Waals surface area contributed by atoms with E-state index in [0.29, 0.717) is 6.54 Å². The maximum Gasteiger partial charge on any atom is 0.232 e. The molecule has 1 fully saturated rings. The van der Waals surface area contributed by atoms with E-state index in [1.807, 2.05) is 12.1 Å². The summed E-state index contributed by atoms with van der Waals surface area (Å²) in [6, 6.07) is 13.8. The summed E-state index contributed by atoms with van der Waals surface area (Å²) in [7, 11) is -3.66. The Balaban J connectivity index is 1.47. The number of benzene rings is 2. The Kier molecular flexibility index (Phi) is 8.60. The van der Waals surface area contributed by atoms with Gasteiger partial charge in [-0.2, -0.15) is 0 Å². The van der Waals surface area contributed by atoms with Crippen molar-refractivity contribution in [3.05, 3.63) is 65.5 Å². The summed E-state index contributed by atoms with van der Waals surface area (Å²) in [5.74, 6) is -0.787. The van der Waals surface area contributed by atoms with Gasteiger partial charge in [-0.3, -0.25) is 14.0 Å². The van der Waals surface area contributed by atoms with Crippen LogP contribution in [0.3, 0.4) is 0 Å². The molecule has 2 aromatic carbocycles. The zero-order chi connectivity index (χ0) is 23.0. The van der Waals surface area contributed by atoms with E-state index in [9.17, 15) is 17.6 Å². The fourth-order valence-electron chi connectivity index (χ4n) is 3.65. The minimum absolute atomic E-state index is 0.00695. The van der Waals surface area contributed by atoms with Crippen molar-refractivity contribution in [3.8, 4) is 0 Å². The van der Waals surface area contributed by atoms with Crippen LogP contribution in [0.15, 0.2) is 48.5 Å². The number of amides is 1. The highest BCUT2D eigenvalue weighted by Gasteiger charge is 2.20. The first-order chi connectivity index (χ1) is 15.3. The van der Waals surface area contributed by atoms with E-state index in [2.05, 4.69) is 22.3 Å². The molecule has 3 rings (SSSR count). The van der Waals surface area contributed by atoms with Crippen LogP contribution in [0.1, 0.15) is 24.0 Å². The fourth-order valence-corrected chi connectivity index (χ4v) is 4.61. The summed E-state index contributed by atoms with van der Waals surface area (Å²) in [4.78, 5) is 14.6. The molecule has 0 radical (unpaired) electrons. The Morgan fingerprint density at radius 1 is 1.12 bits per heavy atom. The highest BCUT2D eigenvalue weighted by molar-refractivity contribution is 7.92. The molecule has 0 spiro atoms. The second-order valence-corrected chi connectivity index (χ2v) is 9.78. The van der Waals surface area contributed by atoms with Crippen LogP contribution in [0.5, 0.6) is 0 Å². The minimum Gasteiger partial charge on any atom is -0.379 e.